The lowest BCUT2D eigenvalue weighted by atomic mass is 10.1. The fourth-order valence-electron chi connectivity index (χ4n) is 2.22. The van der Waals surface area contributed by atoms with Crippen LogP contribution in [-0.2, 0) is 15.7 Å². The topological polar surface area (TPSA) is 122 Å². The van der Waals surface area contributed by atoms with Gasteiger partial charge in [0.05, 0.1) is 33.4 Å². The van der Waals surface area contributed by atoms with Gasteiger partial charge in [-0.3, -0.25) is 14.9 Å². The van der Waals surface area contributed by atoms with Crippen LogP contribution in [-0.4, -0.2) is 22.9 Å². The molecule has 1 amide bonds. The zero-order chi connectivity index (χ0) is 21.8. The number of non-ortho nitro benzene ring substituents is 1. The molecule has 0 aliphatic heterocycles. The number of nitro groups is 1. The number of alkyl halides is 3. The highest BCUT2D eigenvalue weighted by atomic mass is 19.4. The van der Waals surface area contributed by atoms with Crippen molar-refractivity contribution >= 4 is 23.3 Å². The lowest BCUT2D eigenvalue weighted by Gasteiger charge is -2.17. The normalized spacial score (nSPS) is 11.8. The standard InChI is InChI=1S/C18H12F3N3O5/c1-10(29-17(26)12-4-2-3-11(7-12)9-22)16(25)23-15-6-5-13(24(27)28)8-14(15)18(19,20)21/h2-8,10H,1H3,(H,23,25). The van der Waals surface area contributed by atoms with E-state index in [1.165, 1.54) is 24.3 Å². The zero-order valence-electron chi connectivity index (χ0n) is 14.7. The fourth-order valence-corrected chi connectivity index (χ4v) is 2.22. The van der Waals surface area contributed by atoms with Crippen molar-refractivity contribution in [3.63, 3.8) is 0 Å². The molecule has 8 nitrogen and oxygen atoms in total. The van der Waals surface area contributed by atoms with Crippen molar-refractivity contribution in [3.8, 4) is 6.07 Å². The second-order valence-electron chi connectivity index (χ2n) is 5.71. The Kier molecular flexibility index (Phi) is 6.18. The Labute approximate surface area is 161 Å². The van der Waals surface area contributed by atoms with Crippen LogP contribution >= 0.6 is 0 Å². The molecule has 0 aliphatic carbocycles. The monoisotopic (exact) mass is 407 g/mol. The number of esters is 1. The Bertz CT molecular complexity index is 1010. The number of hydrogen-bond donors (Lipinski definition) is 1. The molecule has 0 aromatic heterocycles. The lowest BCUT2D eigenvalue weighted by Crippen LogP contribution is -2.30. The maximum atomic E-state index is 13.2. The van der Waals surface area contributed by atoms with E-state index in [0.29, 0.717) is 6.07 Å². The summed E-state index contributed by atoms with van der Waals surface area (Å²) < 4.78 is 44.4. The Morgan fingerprint density at radius 1 is 1.24 bits per heavy atom. The molecule has 0 saturated carbocycles. The van der Waals surface area contributed by atoms with E-state index in [2.05, 4.69) is 0 Å². The van der Waals surface area contributed by atoms with Crippen LogP contribution < -0.4 is 5.32 Å². The van der Waals surface area contributed by atoms with E-state index in [1.54, 1.807) is 0 Å². The first kappa shape index (κ1) is 21.4. The van der Waals surface area contributed by atoms with Crippen molar-refractivity contribution in [2.75, 3.05) is 5.32 Å². The Balaban J connectivity index is 2.18. The number of rotatable bonds is 5. The van der Waals surface area contributed by atoms with Crippen LogP contribution in [0.15, 0.2) is 42.5 Å². The summed E-state index contributed by atoms with van der Waals surface area (Å²) in [5.74, 6) is -2.03. The molecule has 0 aliphatic rings. The molecule has 11 heteroatoms. The highest BCUT2D eigenvalue weighted by molar-refractivity contribution is 5.98. The molecular formula is C18H12F3N3O5. The number of carbonyl (C=O) groups is 2. The van der Waals surface area contributed by atoms with Gasteiger partial charge in [-0.15, -0.1) is 0 Å². The van der Waals surface area contributed by atoms with Gasteiger partial charge in [0.15, 0.2) is 6.10 Å². The van der Waals surface area contributed by atoms with Gasteiger partial charge in [0.2, 0.25) is 0 Å². The number of hydrogen-bond acceptors (Lipinski definition) is 6. The van der Waals surface area contributed by atoms with Crippen LogP contribution in [0.4, 0.5) is 24.5 Å². The third kappa shape index (κ3) is 5.29. The van der Waals surface area contributed by atoms with Crippen molar-refractivity contribution < 1.29 is 32.4 Å². The minimum Gasteiger partial charge on any atom is -0.449 e. The van der Waals surface area contributed by atoms with Crippen LogP contribution in [0.1, 0.15) is 28.4 Å². The average Bonchev–Trinajstić information content (AvgIpc) is 2.67. The molecule has 0 bridgehead atoms. The molecule has 2 aromatic carbocycles. The van der Waals surface area contributed by atoms with Gasteiger partial charge in [-0.1, -0.05) is 6.07 Å². The Morgan fingerprint density at radius 2 is 1.93 bits per heavy atom. The van der Waals surface area contributed by atoms with E-state index in [-0.39, 0.29) is 11.1 Å². The van der Waals surface area contributed by atoms with Gasteiger partial charge in [-0.05, 0) is 31.2 Å². The summed E-state index contributed by atoms with van der Waals surface area (Å²) in [7, 11) is 0. The minimum atomic E-state index is -4.97. The molecule has 1 atom stereocenters. The average molecular weight is 407 g/mol. The first-order valence-electron chi connectivity index (χ1n) is 7.90. The number of carbonyl (C=O) groups excluding carboxylic acids is 2. The van der Waals surface area contributed by atoms with E-state index in [4.69, 9.17) is 10.00 Å². The lowest BCUT2D eigenvalue weighted by molar-refractivity contribution is -0.385. The van der Waals surface area contributed by atoms with E-state index in [1.807, 2.05) is 11.4 Å². The SMILES string of the molecule is CC(OC(=O)c1cccc(C#N)c1)C(=O)Nc1ccc([N+](=O)[O-])cc1C(F)(F)F. The molecular weight excluding hydrogens is 395 g/mol. The van der Waals surface area contributed by atoms with E-state index in [0.717, 1.165) is 19.1 Å². The molecule has 150 valence electrons. The summed E-state index contributed by atoms with van der Waals surface area (Å²) in [6.45, 7) is 1.14. The summed E-state index contributed by atoms with van der Waals surface area (Å²) in [6.07, 6.45) is -6.45. The van der Waals surface area contributed by atoms with Gasteiger partial charge in [-0.25, -0.2) is 4.79 Å². The maximum absolute atomic E-state index is 13.2. The number of benzene rings is 2. The van der Waals surface area contributed by atoms with Crippen molar-refractivity contribution in [3.05, 3.63) is 69.3 Å². The molecule has 0 spiro atoms. The van der Waals surface area contributed by atoms with E-state index >= 15 is 0 Å². The molecule has 0 saturated heterocycles. The van der Waals surface area contributed by atoms with Gasteiger partial charge in [-0.2, -0.15) is 18.4 Å². The summed E-state index contributed by atoms with van der Waals surface area (Å²) in [4.78, 5) is 33.9. The second-order valence-corrected chi connectivity index (χ2v) is 5.71. The van der Waals surface area contributed by atoms with Gasteiger partial charge in [0, 0.05) is 12.1 Å². The summed E-state index contributed by atoms with van der Waals surface area (Å²) in [5, 5.41) is 21.5. The summed E-state index contributed by atoms with van der Waals surface area (Å²) in [5.41, 5.74) is -2.78. The third-order valence-electron chi connectivity index (χ3n) is 3.66. The smallest absolute Gasteiger partial charge is 0.418 e. The molecule has 0 radical (unpaired) electrons. The number of anilines is 1. The minimum absolute atomic E-state index is 0.0185. The molecule has 2 aromatic rings. The molecule has 2 rings (SSSR count). The molecule has 1 N–H and O–H groups in total. The number of nitrogens with zero attached hydrogens (tertiary/aromatic N) is 2. The van der Waals surface area contributed by atoms with Crippen LogP contribution in [0, 0.1) is 21.4 Å². The zero-order valence-corrected chi connectivity index (χ0v) is 14.7. The second kappa shape index (κ2) is 8.39. The van der Waals surface area contributed by atoms with Crippen molar-refractivity contribution in [2.45, 2.75) is 19.2 Å². The number of ether oxygens (including phenoxy) is 1. The number of amides is 1. The summed E-state index contributed by atoms with van der Waals surface area (Å²) >= 11 is 0. The van der Waals surface area contributed by atoms with Crippen molar-refractivity contribution in [1.82, 2.24) is 0 Å². The van der Waals surface area contributed by atoms with Crippen LogP contribution in [0.5, 0.6) is 0 Å². The number of nitrogens with one attached hydrogen (secondary N) is 1. The van der Waals surface area contributed by atoms with Gasteiger partial charge in [0.1, 0.15) is 0 Å². The summed E-state index contributed by atoms with van der Waals surface area (Å²) in [6, 6.07) is 9.09. The van der Waals surface area contributed by atoms with E-state index < -0.39 is 46.0 Å². The predicted molar refractivity (Wildman–Crippen MR) is 92.8 cm³/mol. The first-order chi connectivity index (χ1) is 13.5. The van der Waals surface area contributed by atoms with Crippen LogP contribution in [0.25, 0.3) is 0 Å². The number of nitro benzene ring substituents is 1. The quantitative estimate of drug-likeness (QED) is 0.458. The first-order valence-corrected chi connectivity index (χ1v) is 7.90. The molecule has 1 unspecified atom stereocenters. The Hall–Kier alpha value is -3.94. The largest absolute Gasteiger partial charge is 0.449 e. The van der Waals surface area contributed by atoms with Crippen LogP contribution in [0.2, 0.25) is 0 Å². The van der Waals surface area contributed by atoms with Crippen molar-refractivity contribution in [2.24, 2.45) is 0 Å². The van der Waals surface area contributed by atoms with Gasteiger partial charge >= 0.3 is 12.1 Å². The number of nitriles is 1. The molecule has 29 heavy (non-hydrogen) atoms. The number of halogens is 3. The Morgan fingerprint density at radius 3 is 2.52 bits per heavy atom. The van der Waals surface area contributed by atoms with Gasteiger partial charge < -0.3 is 10.1 Å². The molecule has 0 heterocycles. The van der Waals surface area contributed by atoms with E-state index in [9.17, 15) is 32.9 Å². The van der Waals surface area contributed by atoms with Crippen LogP contribution in [0.3, 0.4) is 0 Å². The van der Waals surface area contributed by atoms with Crippen molar-refractivity contribution in [1.29, 1.82) is 5.26 Å². The fraction of sp³-hybridized carbons (Fsp3) is 0.167. The highest BCUT2D eigenvalue weighted by Gasteiger charge is 2.36. The highest BCUT2D eigenvalue weighted by Crippen LogP contribution is 2.37. The maximum Gasteiger partial charge on any atom is 0.418 e. The van der Waals surface area contributed by atoms with Gasteiger partial charge in [0.25, 0.3) is 11.6 Å². The molecule has 0 fully saturated rings. The third-order valence-corrected chi connectivity index (χ3v) is 3.66. The predicted octanol–water partition coefficient (Wildman–Crippen LogP) is 3.67.